The van der Waals surface area contributed by atoms with Gasteiger partial charge in [-0.3, -0.25) is 0 Å². The molecule has 6 nitrogen and oxygen atoms in total. The molecule has 0 fully saturated rings. The van der Waals surface area contributed by atoms with Crippen molar-refractivity contribution in [3.63, 3.8) is 0 Å². The van der Waals surface area contributed by atoms with Crippen LogP contribution in [0, 0.1) is 0 Å². The normalized spacial score (nSPS) is 10.4. The van der Waals surface area contributed by atoms with Crippen LogP contribution in [-0.4, -0.2) is 34.0 Å². The van der Waals surface area contributed by atoms with Crippen LogP contribution < -0.4 is 19.5 Å². The van der Waals surface area contributed by atoms with Gasteiger partial charge in [0.1, 0.15) is 12.4 Å². The van der Waals surface area contributed by atoms with Crippen LogP contribution in [0.3, 0.4) is 0 Å². The highest BCUT2D eigenvalue weighted by molar-refractivity contribution is 5.68. The summed E-state index contributed by atoms with van der Waals surface area (Å²) in [5.41, 5.74) is 1.75. The van der Waals surface area contributed by atoms with Gasteiger partial charge in [0.25, 0.3) is 0 Å². The highest BCUT2D eigenvalue weighted by Crippen LogP contribution is 2.35. The van der Waals surface area contributed by atoms with Crippen LogP contribution in [0.25, 0.3) is 6.08 Å². The molecule has 0 bridgehead atoms. The van der Waals surface area contributed by atoms with E-state index in [9.17, 15) is 4.79 Å². The summed E-state index contributed by atoms with van der Waals surface area (Å²) in [7, 11) is 4.72. The third kappa shape index (κ3) is 5.44. The van der Waals surface area contributed by atoms with E-state index < -0.39 is 6.09 Å². The number of benzene rings is 2. The molecule has 0 unspecified atom stereocenters. The molecule has 2 aromatic rings. The van der Waals surface area contributed by atoms with Gasteiger partial charge in [0.05, 0.1) is 21.3 Å². The van der Waals surface area contributed by atoms with Crippen molar-refractivity contribution in [3.05, 3.63) is 59.7 Å². The molecule has 0 heterocycles. The molecule has 0 spiro atoms. The molecule has 0 atom stereocenters. The zero-order valence-corrected chi connectivity index (χ0v) is 15.2. The Kier molecular flexibility index (Phi) is 7.36. The second-order valence-electron chi connectivity index (χ2n) is 5.29. The number of hydrogen-bond acceptors (Lipinski definition) is 5. The second kappa shape index (κ2) is 9.98. The number of nitrogens with one attached hydrogen (secondary N) is 1. The van der Waals surface area contributed by atoms with Crippen molar-refractivity contribution in [2.75, 3.05) is 27.9 Å². The maximum absolute atomic E-state index is 11.7. The number of alkyl carbamates (subject to hydrolysis) is 1. The standard InChI is InChI=1S/C20H23NO5/c1-23-17-13-19(25-3)18(24-2)12-16(17)10-7-11-21-20(22)26-14-15-8-5-4-6-9-15/h4-10,12-13H,11,14H2,1-3H3,(H,21,22). The molecular formula is C20H23NO5. The van der Waals surface area contributed by atoms with E-state index in [-0.39, 0.29) is 6.61 Å². The summed E-state index contributed by atoms with van der Waals surface area (Å²) >= 11 is 0. The Bertz CT molecular complexity index is 743. The van der Waals surface area contributed by atoms with Gasteiger partial charge >= 0.3 is 6.09 Å². The van der Waals surface area contributed by atoms with Gasteiger partial charge in [-0.25, -0.2) is 4.79 Å². The fraction of sp³-hybridized carbons (Fsp3) is 0.250. The summed E-state index contributed by atoms with van der Waals surface area (Å²) in [5, 5.41) is 2.67. The summed E-state index contributed by atoms with van der Waals surface area (Å²) in [4.78, 5) is 11.7. The minimum atomic E-state index is -0.474. The van der Waals surface area contributed by atoms with Crippen molar-refractivity contribution in [1.29, 1.82) is 0 Å². The lowest BCUT2D eigenvalue weighted by Crippen LogP contribution is -2.24. The largest absolute Gasteiger partial charge is 0.496 e. The third-order valence-electron chi connectivity index (χ3n) is 3.61. The molecule has 0 radical (unpaired) electrons. The second-order valence-corrected chi connectivity index (χ2v) is 5.29. The molecular weight excluding hydrogens is 334 g/mol. The quantitative estimate of drug-likeness (QED) is 0.781. The summed E-state index contributed by atoms with van der Waals surface area (Å²) in [6.45, 7) is 0.561. The first-order chi connectivity index (χ1) is 12.7. The molecule has 0 aromatic heterocycles. The lowest BCUT2D eigenvalue weighted by atomic mass is 10.1. The van der Waals surface area contributed by atoms with Crippen molar-refractivity contribution >= 4 is 12.2 Å². The zero-order valence-electron chi connectivity index (χ0n) is 15.2. The topological polar surface area (TPSA) is 66.0 Å². The maximum Gasteiger partial charge on any atom is 0.407 e. The van der Waals surface area contributed by atoms with Gasteiger partial charge in [0.2, 0.25) is 0 Å². The molecule has 0 aliphatic heterocycles. The molecule has 2 rings (SSSR count). The lowest BCUT2D eigenvalue weighted by molar-refractivity contribution is 0.141. The van der Waals surface area contributed by atoms with Gasteiger partial charge in [-0.1, -0.05) is 42.5 Å². The van der Waals surface area contributed by atoms with Gasteiger partial charge in [-0.15, -0.1) is 0 Å². The van der Waals surface area contributed by atoms with Crippen LogP contribution in [-0.2, 0) is 11.3 Å². The lowest BCUT2D eigenvalue weighted by Gasteiger charge is -2.12. The number of carbonyl (C=O) groups is 1. The zero-order chi connectivity index (χ0) is 18.8. The number of rotatable bonds is 8. The van der Waals surface area contributed by atoms with E-state index >= 15 is 0 Å². The predicted molar refractivity (Wildman–Crippen MR) is 99.8 cm³/mol. The highest BCUT2D eigenvalue weighted by Gasteiger charge is 2.09. The molecule has 1 N–H and O–H groups in total. The van der Waals surface area contributed by atoms with E-state index in [1.54, 1.807) is 33.5 Å². The van der Waals surface area contributed by atoms with E-state index in [1.165, 1.54) is 0 Å². The van der Waals surface area contributed by atoms with Gasteiger partial charge < -0.3 is 24.3 Å². The Balaban J connectivity index is 1.88. The molecule has 0 aliphatic rings. The SMILES string of the molecule is COc1cc(OC)c(OC)cc1C=CCNC(=O)OCc1ccccc1. The molecule has 138 valence electrons. The van der Waals surface area contributed by atoms with Gasteiger partial charge in [0.15, 0.2) is 11.5 Å². The molecule has 26 heavy (non-hydrogen) atoms. The van der Waals surface area contributed by atoms with Crippen molar-refractivity contribution in [2.24, 2.45) is 0 Å². The minimum absolute atomic E-state index is 0.236. The minimum Gasteiger partial charge on any atom is -0.496 e. The van der Waals surface area contributed by atoms with Crippen LogP contribution >= 0.6 is 0 Å². The Hall–Kier alpha value is -3.15. The fourth-order valence-electron chi connectivity index (χ4n) is 2.29. The summed E-state index contributed by atoms with van der Waals surface area (Å²) in [5.74, 6) is 1.83. The van der Waals surface area contributed by atoms with E-state index in [0.29, 0.717) is 23.8 Å². The molecule has 6 heteroatoms. The van der Waals surface area contributed by atoms with E-state index in [1.807, 2.05) is 42.5 Å². The van der Waals surface area contributed by atoms with Crippen LogP contribution in [0.4, 0.5) is 4.79 Å². The molecule has 0 saturated heterocycles. The summed E-state index contributed by atoms with van der Waals surface area (Å²) < 4.78 is 21.0. The highest BCUT2D eigenvalue weighted by atomic mass is 16.5. The first-order valence-electron chi connectivity index (χ1n) is 8.09. The predicted octanol–water partition coefficient (Wildman–Crippen LogP) is 3.65. The van der Waals surface area contributed by atoms with E-state index in [0.717, 1.165) is 11.1 Å². The molecule has 1 amide bonds. The summed E-state index contributed by atoms with van der Waals surface area (Å²) in [6.07, 6.45) is 3.16. The maximum atomic E-state index is 11.7. The number of hydrogen-bond donors (Lipinski definition) is 1. The number of methoxy groups -OCH3 is 3. The smallest absolute Gasteiger partial charge is 0.407 e. The van der Waals surface area contributed by atoms with E-state index in [2.05, 4.69) is 5.32 Å². The number of ether oxygens (including phenoxy) is 4. The van der Waals surface area contributed by atoms with Crippen molar-refractivity contribution in [1.82, 2.24) is 5.32 Å². The van der Waals surface area contributed by atoms with Crippen molar-refractivity contribution < 1.29 is 23.7 Å². The van der Waals surface area contributed by atoms with Crippen molar-refractivity contribution in [2.45, 2.75) is 6.61 Å². The average Bonchev–Trinajstić information content (AvgIpc) is 2.69. The van der Waals surface area contributed by atoms with E-state index in [4.69, 9.17) is 18.9 Å². The molecule has 0 saturated carbocycles. The number of amides is 1. The van der Waals surface area contributed by atoms with Crippen LogP contribution in [0.5, 0.6) is 17.2 Å². The first-order valence-corrected chi connectivity index (χ1v) is 8.09. The Labute approximate surface area is 153 Å². The molecule has 2 aromatic carbocycles. The van der Waals surface area contributed by atoms with Gasteiger partial charge in [0, 0.05) is 18.2 Å². The summed E-state index contributed by atoms with van der Waals surface area (Å²) in [6, 6.07) is 13.1. The molecule has 0 aliphatic carbocycles. The fourth-order valence-corrected chi connectivity index (χ4v) is 2.29. The van der Waals surface area contributed by atoms with Gasteiger partial charge in [-0.2, -0.15) is 0 Å². The first kappa shape index (κ1) is 19.2. The average molecular weight is 357 g/mol. The van der Waals surface area contributed by atoms with Crippen LogP contribution in [0.1, 0.15) is 11.1 Å². The van der Waals surface area contributed by atoms with Crippen LogP contribution in [0.2, 0.25) is 0 Å². The van der Waals surface area contributed by atoms with Crippen LogP contribution in [0.15, 0.2) is 48.5 Å². The van der Waals surface area contributed by atoms with Gasteiger partial charge in [-0.05, 0) is 11.6 Å². The Morgan fingerprint density at radius 1 is 0.962 bits per heavy atom. The Morgan fingerprint density at radius 2 is 1.62 bits per heavy atom. The van der Waals surface area contributed by atoms with Crippen molar-refractivity contribution in [3.8, 4) is 17.2 Å². The number of carbonyl (C=O) groups excluding carboxylic acids is 1. The Morgan fingerprint density at radius 3 is 2.27 bits per heavy atom. The monoisotopic (exact) mass is 357 g/mol. The third-order valence-corrected chi connectivity index (χ3v) is 3.61.